The number of rotatable bonds is 4. The van der Waals surface area contributed by atoms with Crippen molar-refractivity contribution in [2.24, 2.45) is 7.05 Å². The number of nitrogens with zero attached hydrogens (tertiary/aromatic N) is 4. The fraction of sp³-hybridized carbons (Fsp3) is 0.118. The molecule has 0 amide bonds. The fourth-order valence-corrected chi connectivity index (χ4v) is 3.40. The minimum Gasteiger partial charge on any atom is -0.440 e. The number of oxazole rings is 1. The molecule has 4 rings (SSSR count). The molecular formula is C17H13ClN4OS. The molecule has 24 heavy (non-hydrogen) atoms. The Morgan fingerprint density at radius 1 is 1.08 bits per heavy atom. The van der Waals surface area contributed by atoms with Crippen molar-refractivity contribution in [3.8, 4) is 11.4 Å². The average Bonchev–Trinajstić information content (AvgIpc) is 3.17. The van der Waals surface area contributed by atoms with Gasteiger partial charge in [0.1, 0.15) is 5.52 Å². The summed E-state index contributed by atoms with van der Waals surface area (Å²) in [6.07, 6.45) is 0. The summed E-state index contributed by atoms with van der Waals surface area (Å²) in [5.74, 6) is 1.99. The van der Waals surface area contributed by atoms with Crippen molar-refractivity contribution in [1.82, 2.24) is 19.7 Å². The molecule has 0 aliphatic rings. The van der Waals surface area contributed by atoms with Crippen molar-refractivity contribution in [2.75, 3.05) is 0 Å². The predicted molar refractivity (Wildman–Crippen MR) is 95.0 cm³/mol. The molecule has 5 nitrogen and oxygen atoms in total. The van der Waals surface area contributed by atoms with Gasteiger partial charge in [0.2, 0.25) is 5.89 Å². The molecule has 4 aromatic rings. The highest BCUT2D eigenvalue weighted by Crippen LogP contribution is 2.29. The number of halogens is 1. The van der Waals surface area contributed by atoms with Gasteiger partial charge in [0.25, 0.3) is 0 Å². The normalized spacial score (nSPS) is 11.2. The Bertz CT molecular complexity index is 978. The molecule has 2 aromatic heterocycles. The molecule has 0 aliphatic heterocycles. The van der Waals surface area contributed by atoms with Gasteiger partial charge in [0.15, 0.2) is 16.6 Å². The van der Waals surface area contributed by atoms with Crippen LogP contribution in [-0.2, 0) is 12.8 Å². The second-order valence-electron chi connectivity index (χ2n) is 5.21. The Balaban J connectivity index is 1.56. The highest BCUT2D eigenvalue weighted by molar-refractivity contribution is 7.98. The number of fused-ring (bicyclic) bond motifs is 1. The van der Waals surface area contributed by atoms with E-state index in [4.69, 9.17) is 16.0 Å². The predicted octanol–water partition coefficient (Wildman–Crippen LogP) is 4.57. The molecular weight excluding hydrogens is 344 g/mol. The third kappa shape index (κ3) is 2.79. The van der Waals surface area contributed by atoms with Gasteiger partial charge in [-0.05, 0) is 24.3 Å². The molecule has 0 unspecified atom stereocenters. The van der Waals surface area contributed by atoms with Crippen LogP contribution in [0.15, 0.2) is 58.1 Å². The van der Waals surface area contributed by atoms with Crippen LogP contribution in [-0.4, -0.2) is 19.7 Å². The second kappa shape index (κ2) is 6.30. The van der Waals surface area contributed by atoms with Gasteiger partial charge in [0.05, 0.1) is 10.8 Å². The first-order valence-electron chi connectivity index (χ1n) is 7.34. The van der Waals surface area contributed by atoms with E-state index < -0.39 is 0 Å². The first kappa shape index (κ1) is 15.2. The van der Waals surface area contributed by atoms with Crippen LogP contribution < -0.4 is 0 Å². The molecule has 0 fully saturated rings. The summed E-state index contributed by atoms with van der Waals surface area (Å²) in [5.41, 5.74) is 2.52. The summed E-state index contributed by atoms with van der Waals surface area (Å²) >= 11 is 7.77. The van der Waals surface area contributed by atoms with Gasteiger partial charge in [0, 0.05) is 12.6 Å². The maximum absolute atomic E-state index is 6.25. The lowest BCUT2D eigenvalue weighted by atomic mass is 10.2. The fourth-order valence-electron chi connectivity index (χ4n) is 2.43. The van der Waals surface area contributed by atoms with Crippen molar-refractivity contribution in [3.05, 3.63) is 59.4 Å². The van der Waals surface area contributed by atoms with Crippen molar-refractivity contribution in [1.29, 1.82) is 0 Å². The molecule has 0 saturated carbocycles. The van der Waals surface area contributed by atoms with Crippen LogP contribution in [0.3, 0.4) is 0 Å². The van der Waals surface area contributed by atoms with E-state index in [0.717, 1.165) is 27.6 Å². The zero-order valence-electron chi connectivity index (χ0n) is 12.8. The SMILES string of the molecule is Cn1c(SCc2nc3ccccc3o2)nnc1-c1ccccc1Cl. The van der Waals surface area contributed by atoms with E-state index in [9.17, 15) is 0 Å². The van der Waals surface area contributed by atoms with Crippen LogP contribution in [0.4, 0.5) is 0 Å². The minimum atomic E-state index is 0.586. The van der Waals surface area contributed by atoms with Crippen molar-refractivity contribution in [3.63, 3.8) is 0 Å². The van der Waals surface area contributed by atoms with Gasteiger partial charge < -0.3 is 8.98 Å². The first-order chi connectivity index (χ1) is 11.7. The quantitative estimate of drug-likeness (QED) is 0.501. The number of hydrogen-bond acceptors (Lipinski definition) is 5. The largest absolute Gasteiger partial charge is 0.440 e. The van der Waals surface area contributed by atoms with Crippen molar-refractivity contribution in [2.45, 2.75) is 10.9 Å². The van der Waals surface area contributed by atoms with E-state index in [1.54, 1.807) is 0 Å². The molecule has 0 spiro atoms. The summed E-state index contributed by atoms with van der Waals surface area (Å²) in [6, 6.07) is 15.3. The van der Waals surface area contributed by atoms with Crippen LogP contribution in [0.25, 0.3) is 22.5 Å². The second-order valence-corrected chi connectivity index (χ2v) is 6.56. The van der Waals surface area contributed by atoms with Crippen LogP contribution in [0.1, 0.15) is 5.89 Å². The molecule has 0 aliphatic carbocycles. The topological polar surface area (TPSA) is 56.7 Å². The van der Waals surface area contributed by atoms with Gasteiger partial charge in [-0.15, -0.1) is 10.2 Å². The van der Waals surface area contributed by atoms with Gasteiger partial charge in [-0.25, -0.2) is 4.98 Å². The van der Waals surface area contributed by atoms with Crippen molar-refractivity contribution < 1.29 is 4.42 Å². The Hall–Kier alpha value is -2.31. The molecule has 0 saturated heterocycles. The Morgan fingerprint density at radius 3 is 2.71 bits per heavy atom. The molecule has 2 heterocycles. The zero-order valence-corrected chi connectivity index (χ0v) is 14.4. The van der Waals surface area contributed by atoms with E-state index in [1.807, 2.05) is 60.1 Å². The molecule has 0 N–H and O–H groups in total. The Kier molecular flexibility index (Phi) is 4.00. The van der Waals surface area contributed by atoms with E-state index in [0.29, 0.717) is 16.7 Å². The average molecular weight is 357 g/mol. The summed E-state index contributed by atoms with van der Waals surface area (Å²) in [4.78, 5) is 4.47. The van der Waals surface area contributed by atoms with Crippen LogP contribution >= 0.6 is 23.4 Å². The molecule has 0 atom stereocenters. The lowest BCUT2D eigenvalue weighted by Gasteiger charge is -2.04. The number of thioether (sulfide) groups is 1. The Labute approximate surface area is 147 Å². The standard InChI is InChI=1S/C17H13ClN4OS/c1-22-16(11-6-2-3-7-12(11)18)20-21-17(22)24-10-15-19-13-8-4-5-9-14(13)23-15/h2-9H,10H2,1H3. The van der Waals surface area contributed by atoms with Crippen molar-refractivity contribution >= 4 is 34.5 Å². The van der Waals surface area contributed by atoms with Gasteiger partial charge >= 0.3 is 0 Å². The van der Waals surface area contributed by atoms with Crippen LogP contribution in [0.2, 0.25) is 5.02 Å². The van der Waals surface area contributed by atoms with E-state index in [1.165, 1.54) is 11.8 Å². The molecule has 120 valence electrons. The minimum absolute atomic E-state index is 0.586. The Morgan fingerprint density at radius 2 is 1.88 bits per heavy atom. The van der Waals surface area contributed by atoms with E-state index in [2.05, 4.69) is 15.2 Å². The highest BCUT2D eigenvalue weighted by atomic mass is 35.5. The van der Waals surface area contributed by atoms with Crippen LogP contribution in [0.5, 0.6) is 0 Å². The number of aromatic nitrogens is 4. The third-order valence-corrected chi connectivity index (χ3v) is 4.95. The van der Waals surface area contributed by atoms with E-state index >= 15 is 0 Å². The van der Waals surface area contributed by atoms with Crippen LogP contribution in [0, 0.1) is 0 Å². The first-order valence-corrected chi connectivity index (χ1v) is 8.70. The molecule has 7 heteroatoms. The lowest BCUT2D eigenvalue weighted by Crippen LogP contribution is -1.95. The summed E-state index contributed by atoms with van der Waals surface area (Å²) in [5, 5.41) is 9.95. The monoisotopic (exact) mass is 356 g/mol. The maximum Gasteiger partial charge on any atom is 0.205 e. The molecule has 0 bridgehead atoms. The number of benzene rings is 2. The smallest absolute Gasteiger partial charge is 0.205 e. The zero-order chi connectivity index (χ0) is 16.5. The number of para-hydroxylation sites is 2. The summed E-state index contributed by atoms with van der Waals surface area (Å²) < 4.78 is 7.65. The van der Waals surface area contributed by atoms with Gasteiger partial charge in [-0.1, -0.05) is 47.6 Å². The van der Waals surface area contributed by atoms with E-state index in [-0.39, 0.29) is 0 Å². The lowest BCUT2D eigenvalue weighted by molar-refractivity contribution is 0.555. The highest BCUT2D eigenvalue weighted by Gasteiger charge is 2.14. The molecule has 0 radical (unpaired) electrons. The maximum atomic E-state index is 6.25. The molecule has 2 aromatic carbocycles. The number of hydrogen-bond donors (Lipinski definition) is 0. The summed E-state index contributed by atoms with van der Waals surface area (Å²) in [7, 11) is 1.92. The summed E-state index contributed by atoms with van der Waals surface area (Å²) in [6.45, 7) is 0. The van der Waals surface area contributed by atoms with Gasteiger partial charge in [-0.3, -0.25) is 0 Å². The third-order valence-electron chi connectivity index (χ3n) is 3.61. The van der Waals surface area contributed by atoms with Gasteiger partial charge in [-0.2, -0.15) is 0 Å².